The molecule has 5 aromatic rings. The fraction of sp³-hybridized carbons (Fsp3) is 0.186. The first kappa shape index (κ1) is 34.3. The summed E-state index contributed by atoms with van der Waals surface area (Å²) in [6.45, 7) is 0.0342. The number of benzene rings is 5. The lowest BCUT2D eigenvalue weighted by atomic mass is 9.94. The Morgan fingerprint density at radius 3 is 1.94 bits per heavy atom. The highest BCUT2D eigenvalue weighted by Crippen LogP contribution is 2.48. The summed E-state index contributed by atoms with van der Waals surface area (Å²) in [5.74, 6) is -2.55. The molecule has 1 unspecified atom stereocenters. The molecular weight excluding hydrogens is 688 g/mol. The van der Waals surface area contributed by atoms with Crippen molar-refractivity contribution < 1.29 is 43.0 Å². The van der Waals surface area contributed by atoms with Crippen molar-refractivity contribution in [2.75, 3.05) is 6.61 Å². The lowest BCUT2D eigenvalue weighted by Gasteiger charge is -2.22. The van der Waals surface area contributed by atoms with Gasteiger partial charge in [-0.25, -0.2) is 14.4 Å². The maximum absolute atomic E-state index is 13.7. The normalized spacial score (nSPS) is 15.8. The number of alkyl carbamates (subject to hydrolysis) is 1. The molecule has 54 heavy (non-hydrogen) atoms. The number of ether oxygens (including phenoxy) is 3. The molecule has 3 aliphatic rings. The summed E-state index contributed by atoms with van der Waals surface area (Å²) in [5.41, 5.74) is 8.43. The molecule has 0 radical (unpaired) electrons. The van der Waals surface area contributed by atoms with Crippen LogP contribution in [0.1, 0.15) is 58.2 Å². The lowest BCUT2D eigenvalue weighted by molar-refractivity contribution is -0.198. The molecule has 11 nitrogen and oxygen atoms in total. The van der Waals surface area contributed by atoms with Crippen LogP contribution in [-0.4, -0.2) is 47.7 Å². The molecule has 0 spiro atoms. The molecular formula is C43H34N2O9. The van der Waals surface area contributed by atoms with Crippen LogP contribution in [0.25, 0.3) is 22.3 Å². The Balaban J connectivity index is 1.04. The summed E-state index contributed by atoms with van der Waals surface area (Å²) in [4.78, 5) is 70.3. The topological polar surface area (TPSA) is 138 Å². The Labute approximate surface area is 310 Å². The first-order valence-corrected chi connectivity index (χ1v) is 17.6. The first-order chi connectivity index (χ1) is 26.4. The van der Waals surface area contributed by atoms with E-state index in [1.54, 1.807) is 12.1 Å². The van der Waals surface area contributed by atoms with Gasteiger partial charge in [-0.15, -0.1) is 5.06 Å². The summed E-state index contributed by atoms with van der Waals surface area (Å²) < 4.78 is 17.1. The molecule has 11 heteroatoms. The van der Waals surface area contributed by atoms with Crippen molar-refractivity contribution in [3.8, 4) is 22.3 Å². The van der Waals surface area contributed by atoms with E-state index in [1.165, 1.54) is 0 Å². The third-order valence-electron chi connectivity index (χ3n) is 9.92. The Morgan fingerprint density at radius 1 is 0.667 bits per heavy atom. The molecule has 2 aliphatic carbocycles. The SMILES string of the molecule is O=C(NC(Cc1cccc2c1-c1ccccc1[C@H]2OC(=O)OCc1ccccc1)C(=O)ON1C(=O)CCC1=O)OCC1c2ccccc2-c2ccccc21. The Hall–Kier alpha value is -6.75. The number of imide groups is 1. The fourth-order valence-corrected chi connectivity index (χ4v) is 7.44. The van der Waals surface area contributed by atoms with Crippen molar-refractivity contribution in [2.24, 2.45) is 0 Å². The summed E-state index contributed by atoms with van der Waals surface area (Å²) in [6.07, 6.45) is -2.82. The van der Waals surface area contributed by atoms with Gasteiger partial charge in [-0.1, -0.05) is 121 Å². The molecule has 0 aromatic heterocycles. The van der Waals surface area contributed by atoms with Gasteiger partial charge in [-0.3, -0.25) is 9.59 Å². The van der Waals surface area contributed by atoms with E-state index in [4.69, 9.17) is 19.0 Å². The van der Waals surface area contributed by atoms with Gasteiger partial charge in [0.15, 0.2) is 6.10 Å². The summed E-state index contributed by atoms with van der Waals surface area (Å²) >= 11 is 0. The quantitative estimate of drug-likeness (QED) is 0.118. The van der Waals surface area contributed by atoms with Crippen LogP contribution in [0.4, 0.5) is 9.59 Å². The van der Waals surface area contributed by atoms with E-state index >= 15 is 0 Å². The second-order valence-corrected chi connectivity index (χ2v) is 13.2. The van der Waals surface area contributed by atoms with E-state index in [0.29, 0.717) is 27.3 Å². The van der Waals surface area contributed by atoms with Crippen molar-refractivity contribution >= 4 is 30.0 Å². The molecule has 1 aliphatic heterocycles. The van der Waals surface area contributed by atoms with Crippen LogP contribution in [0.3, 0.4) is 0 Å². The number of hydrogen-bond acceptors (Lipinski definition) is 9. The standard InChI is InChI=1S/C43H34N2O9/c46-37-21-22-38(47)45(37)54-41(48)36(44-42(49)51-25-35-30-16-6-4-14-28(30)29-15-5-7-17-31(29)35)23-27-13-10-20-34-39(27)32-18-8-9-19-33(32)40(34)53-43(50)52-24-26-11-2-1-3-12-26/h1-20,35-36,40H,21-25H2,(H,44,49)/t36?,40-/m1/s1. The van der Waals surface area contributed by atoms with Crippen LogP contribution in [0.15, 0.2) is 121 Å². The minimum atomic E-state index is -1.38. The van der Waals surface area contributed by atoms with E-state index in [2.05, 4.69) is 5.32 Å². The van der Waals surface area contributed by atoms with Gasteiger partial charge in [0.25, 0.3) is 11.8 Å². The third-order valence-corrected chi connectivity index (χ3v) is 9.92. The van der Waals surface area contributed by atoms with Crippen LogP contribution in [-0.2, 0) is 46.5 Å². The number of nitrogens with zero attached hydrogens (tertiary/aromatic N) is 1. The Morgan fingerprint density at radius 2 is 1.26 bits per heavy atom. The van der Waals surface area contributed by atoms with Crippen LogP contribution in [0.2, 0.25) is 0 Å². The number of nitrogens with one attached hydrogen (secondary N) is 1. The van der Waals surface area contributed by atoms with Gasteiger partial charge in [-0.2, -0.15) is 0 Å². The summed E-state index contributed by atoms with van der Waals surface area (Å²) in [5, 5.41) is 3.09. The minimum absolute atomic E-state index is 0.00176. The van der Waals surface area contributed by atoms with Crippen LogP contribution >= 0.6 is 0 Å². The molecule has 1 N–H and O–H groups in total. The van der Waals surface area contributed by atoms with E-state index in [1.807, 2.05) is 109 Å². The number of hydrogen-bond donors (Lipinski definition) is 1. The molecule has 1 saturated heterocycles. The number of carbonyl (C=O) groups excluding carboxylic acids is 5. The predicted octanol–water partition coefficient (Wildman–Crippen LogP) is 7.17. The van der Waals surface area contributed by atoms with Crippen molar-refractivity contribution in [2.45, 2.75) is 43.9 Å². The van der Waals surface area contributed by atoms with E-state index < -0.39 is 42.2 Å². The second kappa shape index (κ2) is 14.7. The largest absolute Gasteiger partial charge is 0.509 e. The van der Waals surface area contributed by atoms with Gasteiger partial charge in [0, 0.05) is 36.3 Å². The number of rotatable bonds is 10. The lowest BCUT2D eigenvalue weighted by Crippen LogP contribution is -2.47. The zero-order valence-corrected chi connectivity index (χ0v) is 28.9. The highest BCUT2D eigenvalue weighted by atomic mass is 16.7. The highest BCUT2D eigenvalue weighted by Gasteiger charge is 2.38. The molecule has 8 rings (SSSR count). The van der Waals surface area contributed by atoms with Gasteiger partial charge >= 0.3 is 18.2 Å². The minimum Gasteiger partial charge on any atom is -0.449 e. The summed E-state index contributed by atoms with van der Waals surface area (Å²) in [7, 11) is 0. The molecule has 270 valence electrons. The number of carbonyl (C=O) groups is 5. The third kappa shape index (κ3) is 6.67. The fourth-order valence-electron chi connectivity index (χ4n) is 7.44. The number of hydroxylamine groups is 2. The van der Waals surface area contributed by atoms with Gasteiger partial charge in [0.05, 0.1) is 0 Å². The maximum atomic E-state index is 13.7. The smallest absolute Gasteiger partial charge is 0.449 e. The molecule has 2 atom stereocenters. The molecule has 1 heterocycles. The Kier molecular flexibility index (Phi) is 9.35. The van der Waals surface area contributed by atoms with E-state index in [-0.39, 0.29) is 38.4 Å². The zero-order valence-electron chi connectivity index (χ0n) is 28.9. The van der Waals surface area contributed by atoms with Gasteiger partial charge in [-0.05, 0) is 44.5 Å². The average molecular weight is 723 g/mol. The molecule has 3 amide bonds. The number of amides is 3. The zero-order chi connectivity index (χ0) is 37.2. The first-order valence-electron chi connectivity index (χ1n) is 17.6. The van der Waals surface area contributed by atoms with Gasteiger partial charge in [0.2, 0.25) is 0 Å². The predicted molar refractivity (Wildman–Crippen MR) is 194 cm³/mol. The van der Waals surface area contributed by atoms with Crippen LogP contribution in [0, 0.1) is 0 Å². The van der Waals surface area contributed by atoms with Crippen molar-refractivity contribution in [1.29, 1.82) is 0 Å². The van der Waals surface area contributed by atoms with Gasteiger partial charge < -0.3 is 24.4 Å². The average Bonchev–Trinajstić information content (AvgIpc) is 3.81. The maximum Gasteiger partial charge on any atom is 0.509 e. The molecule has 0 saturated carbocycles. The summed E-state index contributed by atoms with van der Waals surface area (Å²) in [6, 6.07) is 36.5. The van der Waals surface area contributed by atoms with Crippen molar-refractivity contribution in [3.05, 3.63) is 155 Å². The number of fused-ring (bicyclic) bond motifs is 6. The molecule has 1 fully saturated rings. The molecule has 5 aromatic carbocycles. The monoisotopic (exact) mass is 722 g/mol. The van der Waals surface area contributed by atoms with E-state index in [0.717, 1.165) is 33.4 Å². The van der Waals surface area contributed by atoms with Crippen LogP contribution in [0.5, 0.6) is 0 Å². The van der Waals surface area contributed by atoms with Gasteiger partial charge in [0.1, 0.15) is 19.3 Å². The molecule has 0 bridgehead atoms. The van der Waals surface area contributed by atoms with Crippen molar-refractivity contribution in [3.63, 3.8) is 0 Å². The second-order valence-electron chi connectivity index (χ2n) is 13.2. The van der Waals surface area contributed by atoms with Crippen LogP contribution < -0.4 is 5.32 Å². The highest BCUT2D eigenvalue weighted by molar-refractivity contribution is 6.02. The van der Waals surface area contributed by atoms with Crippen molar-refractivity contribution in [1.82, 2.24) is 10.4 Å². The Bertz CT molecular complexity index is 2230. The van der Waals surface area contributed by atoms with E-state index in [9.17, 15) is 24.0 Å².